The van der Waals surface area contributed by atoms with Crippen LogP contribution in [0.1, 0.15) is 38.3 Å². The summed E-state index contributed by atoms with van der Waals surface area (Å²) in [6.07, 6.45) is 3.14. The van der Waals surface area contributed by atoms with Gasteiger partial charge in [0.05, 0.1) is 5.69 Å². The highest BCUT2D eigenvalue weighted by Gasteiger charge is 2.14. The van der Waals surface area contributed by atoms with Crippen LogP contribution in [-0.4, -0.2) is 17.7 Å². The van der Waals surface area contributed by atoms with Crippen molar-refractivity contribution in [3.05, 3.63) is 59.7 Å². The third-order valence-corrected chi connectivity index (χ3v) is 4.09. The topological polar surface area (TPSA) is 23.5 Å². The van der Waals surface area contributed by atoms with Crippen LogP contribution < -0.4 is 4.90 Å². The van der Waals surface area contributed by atoms with E-state index >= 15 is 0 Å². The summed E-state index contributed by atoms with van der Waals surface area (Å²) in [7, 11) is 0. The first-order chi connectivity index (χ1) is 10.6. The van der Waals surface area contributed by atoms with Gasteiger partial charge in [0.15, 0.2) is 0 Å². The molecule has 118 valence electrons. The largest absolute Gasteiger partial charge is 0.506 e. The van der Waals surface area contributed by atoms with Crippen molar-refractivity contribution < 1.29 is 5.11 Å². The molecule has 0 aromatic heterocycles. The Morgan fingerprint density at radius 1 is 1.00 bits per heavy atom. The zero-order valence-electron chi connectivity index (χ0n) is 13.9. The van der Waals surface area contributed by atoms with Gasteiger partial charge in [-0.15, -0.1) is 0 Å². The van der Waals surface area contributed by atoms with E-state index in [-0.39, 0.29) is 0 Å². The Bertz CT molecular complexity index is 578. The van der Waals surface area contributed by atoms with Gasteiger partial charge in [0.1, 0.15) is 5.75 Å². The van der Waals surface area contributed by atoms with E-state index in [0.29, 0.717) is 11.8 Å². The van der Waals surface area contributed by atoms with E-state index in [0.717, 1.165) is 31.5 Å². The number of aryl methyl sites for hydroxylation is 2. The molecule has 0 fully saturated rings. The second-order valence-corrected chi connectivity index (χ2v) is 6.05. The molecular formula is C20H27NO. The molecule has 0 atom stereocenters. The fraction of sp³-hybridized carbons (Fsp3) is 0.400. The predicted molar refractivity (Wildman–Crippen MR) is 94.7 cm³/mol. The number of nitrogens with zero attached hydrogens (tertiary/aromatic N) is 1. The lowest BCUT2D eigenvalue weighted by atomic mass is 10.1. The Labute approximate surface area is 134 Å². The normalized spacial score (nSPS) is 10.9. The van der Waals surface area contributed by atoms with Gasteiger partial charge in [-0.2, -0.15) is 0 Å². The molecule has 0 spiro atoms. The van der Waals surface area contributed by atoms with Crippen molar-refractivity contribution in [2.24, 2.45) is 0 Å². The van der Waals surface area contributed by atoms with E-state index in [2.05, 4.69) is 62.1 Å². The van der Waals surface area contributed by atoms with Crippen molar-refractivity contribution in [3.8, 4) is 5.75 Å². The fourth-order valence-electron chi connectivity index (χ4n) is 2.77. The molecule has 0 radical (unpaired) electrons. The van der Waals surface area contributed by atoms with E-state index in [1.54, 1.807) is 0 Å². The first-order valence-electron chi connectivity index (χ1n) is 8.24. The number of aromatic hydroxyl groups is 1. The quantitative estimate of drug-likeness (QED) is 0.793. The van der Waals surface area contributed by atoms with Crippen LogP contribution in [0.5, 0.6) is 5.75 Å². The van der Waals surface area contributed by atoms with Crippen LogP contribution in [0.2, 0.25) is 0 Å². The van der Waals surface area contributed by atoms with Crippen LogP contribution in [0.15, 0.2) is 48.5 Å². The summed E-state index contributed by atoms with van der Waals surface area (Å²) < 4.78 is 0. The number of phenols is 1. The Morgan fingerprint density at radius 2 is 1.73 bits per heavy atom. The van der Waals surface area contributed by atoms with Crippen molar-refractivity contribution in [1.82, 2.24) is 0 Å². The molecular weight excluding hydrogens is 270 g/mol. The molecule has 0 aliphatic rings. The molecule has 0 unspecified atom stereocenters. The van der Waals surface area contributed by atoms with Gasteiger partial charge in [0.2, 0.25) is 0 Å². The monoisotopic (exact) mass is 297 g/mol. The average molecular weight is 297 g/mol. The Balaban J connectivity index is 2.07. The number of phenolic OH excluding ortho intramolecular Hbond substituents is 1. The number of benzene rings is 2. The Hall–Kier alpha value is -1.96. The number of hydrogen-bond donors (Lipinski definition) is 1. The maximum absolute atomic E-state index is 10.2. The highest BCUT2D eigenvalue weighted by atomic mass is 16.3. The van der Waals surface area contributed by atoms with Gasteiger partial charge < -0.3 is 10.0 Å². The Morgan fingerprint density at radius 3 is 2.36 bits per heavy atom. The third-order valence-electron chi connectivity index (χ3n) is 4.09. The molecule has 22 heavy (non-hydrogen) atoms. The molecule has 1 N–H and O–H groups in total. The summed E-state index contributed by atoms with van der Waals surface area (Å²) in [5.41, 5.74) is 3.60. The fourth-order valence-corrected chi connectivity index (χ4v) is 2.77. The minimum Gasteiger partial charge on any atom is -0.506 e. The lowest BCUT2D eigenvalue weighted by Crippen LogP contribution is -2.32. The molecule has 2 aromatic rings. The average Bonchev–Trinajstić information content (AvgIpc) is 2.53. The van der Waals surface area contributed by atoms with Crippen LogP contribution in [0, 0.1) is 0 Å². The summed E-state index contributed by atoms with van der Waals surface area (Å²) in [5, 5.41) is 10.2. The zero-order chi connectivity index (χ0) is 15.9. The maximum Gasteiger partial charge on any atom is 0.138 e. The summed E-state index contributed by atoms with van der Waals surface area (Å²) >= 11 is 0. The molecule has 0 saturated carbocycles. The summed E-state index contributed by atoms with van der Waals surface area (Å²) in [5.74, 6) is 0.380. The van der Waals surface area contributed by atoms with Gasteiger partial charge in [0.25, 0.3) is 0 Å². The summed E-state index contributed by atoms with van der Waals surface area (Å²) in [6.45, 7) is 7.46. The summed E-state index contributed by atoms with van der Waals surface area (Å²) in [4.78, 5) is 2.30. The lowest BCUT2D eigenvalue weighted by molar-refractivity contribution is 0.470. The number of anilines is 1. The van der Waals surface area contributed by atoms with E-state index < -0.39 is 0 Å². The molecule has 2 heteroatoms. The standard InChI is InChI=1S/C20H27NO/c1-4-17-12-13-20(22)19(15-17)21(16(2)3)14-8-11-18-9-6-5-7-10-18/h5-7,9-10,12-13,15-16,22H,4,8,11,14H2,1-3H3. The molecule has 0 aliphatic heterocycles. The molecule has 0 saturated heterocycles. The molecule has 2 nitrogen and oxygen atoms in total. The highest BCUT2D eigenvalue weighted by Crippen LogP contribution is 2.30. The number of hydrogen-bond acceptors (Lipinski definition) is 2. The minimum atomic E-state index is 0.369. The molecule has 2 aromatic carbocycles. The van der Waals surface area contributed by atoms with E-state index in [1.165, 1.54) is 11.1 Å². The van der Waals surface area contributed by atoms with Crippen LogP contribution in [0.3, 0.4) is 0 Å². The van der Waals surface area contributed by atoms with Gasteiger partial charge in [-0.1, -0.05) is 43.3 Å². The van der Waals surface area contributed by atoms with Crippen molar-refractivity contribution in [2.45, 2.75) is 46.1 Å². The molecule has 0 amide bonds. The first-order valence-corrected chi connectivity index (χ1v) is 8.24. The van der Waals surface area contributed by atoms with E-state index in [9.17, 15) is 5.11 Å². The molecule has 0 aliphatic carbocycles. The van der Waals surface area contributed by atoms with Crippen LogP contribution in [0.4, 0.5) is 5.69 Å². The number of rotatable bonds is 7. The van der Waals surface area contributed by atoms with Gasteiger partial charge in [-0.3, -0.25) is 0 Å². The highest BCUT2D eigenvalue weighted by molar-refractivity contribution is 5.60. The van der Waals surface area contributed by atoms with Crippen LogP contribution in [-0.2, 0) is 12.8 Å². The van der Waals surface area contributed by atoms with Crippen LogP contribution in [0.25, 0.3) is 0 Å². The van der Waals surface area contributed by atoms with Crippen molar-refractivity contribution in [2.75, 3.05) is 11.4 Å². The van der Waals surface area contributed by atoms with E-state index in [1.807, 2.05) is 12.1 Å². The molecule has 0 heterocycles. The first kappa shape index (κ1) is 16.4. The third kappa shape index (κ3) is 4.27. The second-order valence-electron chi connectivity index (χ2n) is 6.05. The maximum atomic E-state index is 10.2. The van der Waals surface area contributed by atoms with Gasteiger partial charge in [0, 0.05) is 12.6 Å². The van der Waals surface area contributed by atoms with Gasteiger partial charge in [-0.05, 0) is 56.4 Å². The lowest BCUT2D eigenvalue weighted by Gasteiger charge is -2.30. The summed E-state index contributed by atoms with van der Waals surface area (Å²) in [6, 6.07) is 16.9. The smallest absolute Gasteiger partial charge is 0.138 e. The zero-order valence-corrected chi connectivity index (χ0v) is 13.9. The van der Waals surface area contributed by atoms with Crippen molar-refractivity contribution in [3.63, 3.8) is 0 Å². The molecule has 0 bridgehead atoms. The Kier molecular flexibility index (Phi) is 5.88. The second kappa shape index (κ2) is 7.88. The minimum absolute atomic E-state index is 0.369. The van der Waals surface area contributed by atoms with E-state index in [4.69, 9.17) is 0 Å². The SMILES string of the molecule is CCc1ccc(O)c(N(CCCc2ccccc2)C(C)C)c1. The van der Waals surface area contributed by atoms with Gasteiger partial charge >= 0.3 is 0 Å². The van der Waals surface area contributed by atoms with Crippen molar-refractivity contribution >= 4 is 5.69 Å². The molecule has 2 rings (SSSR count). The van der Waals surface area contributed by atoms with Gasteiger partial charge in [-0.25, -0.2) is 0 Å². The van der Waals surface area contributed by atoms with Crippen molar-refractivity contribution in [1.29, 1.82) is 0 Å². The predicted octanol–water partition coefficient (Wildman–Crippen LogP) is 4.80. The van der Waals surface area contributed by atoms with Crippen LogP contribution >= 0.6 is 0 Å².